The second-order valence-electron chi connectivity index (χ2n) is 4.30. The van der Waals surface area contributed by atoms with Gasteiger partial charge < -0.3 is 9.84 Å². The highest BCUT2D eigenvalue weighted by molar-refractivity contribution is 7.89. The summed E-state index contributed by atoms with van der Waals surface area (Å²) in [6.45, 7) is 0.557. The number of hydrogen-bond donors (Lipinski definition) is 2. The molecule has 1 aliphatic heterocycles. The molecule has 0 aliphatic carbocycles. The van der Waals surface area contributed by atoms with E-state index in [0.29, 0.717) is 13.0 Å². The number of nitrogens with one attached hydrogen (secondary N) is 1. The molecule has 2 rings (SSSR count). The number of rotatable bonds is 3. The maximum Gasteiger partial charge on any atom is 0.241 e. The Balaban J connectivity index is 2.20. The molecule has 0 saturated carbocycles. The number of benzene rings is 1. The SMILES string of the molecule is N#Cc1cccc(S(=O)(=O)N[C@@H]2COCC[C@H]2O)c1. The summed E-state index contributed by atoms with van der Waals surface area (Å²) in [5.41, 5.74) is 0.267. The Morgan fingerprint density at radius 2 is 2.26 bits per heavy atom. The summed E-state index contributed by atoms with van der Waals surface area (Å²) in [5, 5.41) is 18.5. The fourth-order valence-corrected chi connectivity index (χ4v) is 3.14. The predicted molar refractivity (Wildman–Crippen MR) is 66.7 cm³/mol. The van der Waals surface area contributed by atoms with Crippen LogP contribution in [0.25, 0.3) is 0 Å². The first-order valence-electron chi connectivity index (χ1n) is 5.81. The Hall–Kier alpha value is -1.46. The highest BCUT2D eigenvalue weighted by atomic mass is 32.2. The minimum atomic E-state index is -3.77. The minimum Gasteiger partial charge on any atom is -0.391 e. The molecule has 2 atom stereocenters. The molecule has 0 unspecified atom stereocenters. The average molecular weight is 282 g/mol. The molecule has 2 N–H and O–H groups in total. The molecule has 0 spiro atoms. The van der Waals surface area contributed by atoms with Crippen molar-refractivity contribution in [1.29, 1.82) is 5.26 Å². The zero-order chi connectivity index (χ0) is 13.9. The van der Waals surface area contributed by atoms with Crippen molar-refractivity contribution >= 4 is 10.0 Å². The van der Waals surface area contributed by atoms with Crippen molar-refractivity contribution in [2.45, 2.75) is 23.5 Å². The number of aliphatic hydroxyl groups excluding tert-OH is 1. The van der Waals surface area contributed by atoms with E-state index in [4.69, 9.17) is 10.00 Å². The normalized spacial score (nSPS) is 23.8. The molecule has 0 aromatic heterocycles. The monoisotopic (exact) mass is 282 g/mol. The molecule has 0 radical (unpaired) electrons. The first-order chi connectivity index (χ1) is 9.03. The van der Waals surface area contributed by atoms with Crippen LogP contribution in [0.1, 0.15) is 12.0 Å². The van der Waals surface area contributed by atoms with Gasteiger partial charge in [0.25, 0.3) is 0 Å². The van der Waals surface area contributed by atoms with E-state index in [1.54, 1.807) is 0 Å². The van der Waals surface area contributed by atoms with Crippen molar-refractivity contribution in [1.82, 2.24) is 4.72 Å². The molecule has 0 amide bonds. The number of aliphatic hydroxyl groups is 1. The van der Waals surface area contributed by atoms with Crippen LogP contribution in [0, 0.1) is 11.3 Å². The van der Waals surface area contributed by atoms with Crippen LogP contribution < -0.4 is 4.72 Å². The molecule has 0 bridgehead atoms. The van der Waals surface area contributed by atoms with E-state index in [1.165, 1.54) is 24.3 Å². The van der Waals surface area contributed by atoms with Gasteiger partial charge in [-0.2, -0.15) is 5.26 Å². The van der Waals surface area contributed by atoms with Gasteiger partial charge in [0.2, 0.25) is 10.0 Å². The van der Waals surface area contributed by atoms with Crippen molar-refractivity contribution in [3.8, 4) is 6.07 Å². The van der Waals surface area contributed by atoms with E-state index in [9.17, 15) is 13.5 Å². The Labute approximate surface area is 111 Å². The molecule has 102 valence electrons. The number of nitrogens with zero attached hydrogens (tertiary/aromatic N) is 1. The van der Waals surface area contributed by atoms with Gasteiger partial charge in [-0.15, -0.1) is 0 Å². The smallest absolute Gasteiger partial charge is 0.241 e. The molecule has 1 aromatic rings. The summed E-state index contributed by atoms with van der Waals surface area (Å²) < 4.78 is 31.8. The van der Waals surface area contributed by atoms with E-state index >= 15 is 0 Å². The molecule has 7 heteroatoms. The van der Waals surface area contributed by atoms with Gasteiger partial charge in [0.05, 0.1) is 35.3 Å². The lowest BCUT2D eigenvalue weighted by Crippen LogP contribution is -2.49. The van der Waals surface area contributed by atoms with Crippen LogP contribution in [0.3, 0.4) is 0 Å². The van der Waals surface area contributed by atoms with Crippen molar-refractivity contribution in [3.05, 3.63) is 29.8 Å². The van der Waals surface area contributed by atoms with Crippen LogP contribution in [0.5, 0.6) is 0 Å². The quantitative estimate of drug-likeness (QED) is 0.812. The summed E-state index contributed by atoms with van der Waals surface area (Å²) in [6, 6.07) is 6.94. The summed E-state index contributed by atoms with van der Waals surface area (Å²) in [6.07, 6.45) is -0.367. The third-order valence-corrected chi connectivity index (χ3v) is 4.39. The van der Waals surface area contributed by atoms with Gasteiger partial charge in [-0.3, -0.25) is 0 Å². The first-order valence-corrected chi connectivity index (χ1v) is 7.29. The van der Waals surface area contributed by atoms with Gasteiger partial charge in [-0.25, -0.2) is 13.1 Å². The second-order valence-corrected chi connectivity index (χ2v) is 6.01. The molecule has 1 heterocycles. The molecular formula is C12H14N2O4S. The van der Waals surface area contributed by atoms with Crippen LogP contribution in [-0.4, -0.2) is 38.9 Å². The standard InChI is InChI=1S/C12H14N2O4S/c13-7-9-2-1-3-10(6-9)19(16,17)14-11-8-18-5-4-12(11)15/h1-3,6,11-12,14-15H,4-5,8H2/t11-,12-/m1/s1. The molecule has 6 nitrogen and oxygen atoms in total. The van der Waals surface area contributed by atoms with Crippen LogP contribution in [-0.2, 0) is 14.8 Å². The van der Waals surface area contributed by atoms with Gasteiger partial charge in [0.15, 0.2) is 0 Å². The third kappa shape index (κ3) is 3.30. The number of hydrogen-bond acceptors (Lipinski definition) is 5. The molecule has 19 heavy (non-hydrogen) atoms. The average Bonchev–Trinajstić information content (AvgIpc) is 2.41. The van der Waals surface area contributed by atoms with Gasteiger partial charge in [-0.1, -0.05) is 6.07 Å². The van der Waals surface area contributed by atoms with Gasteiger partial charge >= 0.3 is 0 Å². The fourth-order valence-electron chi connectivity index (χ4n) is 1.84. The first kappa shape index (κ1) is 14.0. The Morgan fingerprint density at radius 3 is 2.95 bits per heavy atom. The van der Waals surface area contributed by atoms with Gasteiger partial charge in [0.1, 0.15) is 0 Å². The highest BCUT2D eigenvalue weighted by Gasteiger charge is 2.28. The maximum atomic E-state index is 12.1. The Kier molecular flexibility index (Phi) is 4.17. The lowest BCUT2D eigenvalue weighted by atomic mass is 10.1. The summed E-state index contributed by atoms with van der Waals surface area (Å²) >= 11 is 0. The lowest BCUT2D eigenvalue weighted by Gasteiger charge is -2.28. The molecule has 1 aliphatic rings. The van der Waals surface area contributed by atoms with Crippen molar-refractivity contribution in [2.75, 3.05) is 13.2 Å². The van der Waals surface area contributed by atoms with E-state index in [-0.39, 0.29) is 17.1 Å². The van der Waals surface area contributed by atoms with E-state index in [1.807, 2.05) is 6.07 Å². The third-order valence-electron chi connectivity index (χ3n) is 2.90. The molecule has 1 aromatic carbocycles. The van der Waals surface area contributed by atoms with Crippen LogP contribution in [0.4, 0.5) is 0 Å². The Bertz CT molecular complexity index is 594. The van der Waals surface area contributed by atoms with E-state index in [2.05, 4.69) is 4.72 Å². The summed E-state index contributed by atoms with van der Waals surface area (Å²) in [5.74, 6) is 0. The zero-order valence-corrected chi connectivity index (χ0v) is 10.9. The Morgan fingerprint density at radius 1 is 1.47 bits per heavy atom. The second kappa shape index (κ2) is 5.67. The largest absolute Gasteiger partial charge is 0.391 e. The zero-order valence-electron chi connectivity index (χ0n) is 10.1. The van der Waals surface area contributed by atoms with Crippen LogP contribution in [0.2, 0.25) is 0 Å². The van der Waals surface area contributed by atoms with Crippen molar-refractivity contribution in [2.24, 2.45) is 0 Å². The summed E-state index contributed by atoms with van der Waals surface area (Å²) in [4.78, 5) is 0.00400. The molecule has 1 saturated heterocycles. The minimum absolute atomic E-state index is 0.00400. The molecule has 1 fully saturated rings. The number of sulfonamides is 1. The molecular weight excluding hydrogens is 268 g/mol. The maximum absolute atomic E-state index is 12.1. The van der Waals surface area contributed by atoms with E-state index in [0.717, 1.165) is 0 Å². The highest BCUT2D eigenvalue weighted by Crippen LogP contribution is 2.14. The topological polar surface area (TPSA) is 99.4 Å². The van der Waals surface area contributed by atoms with Crippen molar-refractivity contribution < 1.29 is 18.3 Å². The summed E-state index contributed by atoms with van der Waals surface area (Å²) in [7, 11) is -3.77. The van der Waals surface area contributed by atoms with Gasteiger partial charge in [-0.05, 0) is 24.6 Å². The lowest BCUT2D eigenvalue weighted by molar-refractivity contribution is -0.00841. The van der Waals surface area contributed by atoms with Gasteiger partial charge in [0, 0.05) is 6.61 Å². The predicted octanol–water partition coefficient (Wildman–Crippen LogP) is -0.0136. The van der Waals surface area contributed by atoms with Crippen molar-refractivity contribution in [3.63, 3.8) is 0 Å². The fraction of sp³-hybridized carbons (Fsp3) is 0.417. The van der Waals surface area contributed by atoms with E-state index < -0.39 is 22.2 Å². The van der Waals surface area contributed by atoms with Crippen LogP contribution >= 0.6 is 0 Å². The van der Waals surface area contributed by atoms with Crippen LogP contribution in [0.15, 0.2) is 29.2 Å². The number of ether oxygens (including phenoxy) is 1. The number of nitriles is 1.